The van der Waals surface area contributed by atoms with Crippen LogP contribution in [-0.2, 0) is 9.59 Å². The summed E-state index contributed by atoms with van der Waals surface area (Å²) in [6.07, 6.45) is 0. The third-order valence-electron chi connectivity index (χ3n) is 8.65. The van der Waals surface area contributed by atoms with E-state index in [0.29, 0.717) is 0 Å². The number of carboxylic acids is 2. The van der Waals surface area contributed by atoms with Crippen molar-refractivity contribution in [2.45, 2.75) is 23.7 Å². The smallest absolute Gasteiger partial charge is 0.310 e. The number of benzene rings is 2. The molecule has 0 unspecified atom stereocenters. The summed E-state index contributed by atoms with van der Waals surface area (Å²) in [5, 5.41) is 20.5. The molecule has 0 amide bonds. The van der Waals surface area contributed by atoms with E-state index < -0.39 is 22.8 Å². The minimum absolute atomic E-state index is 0.00769. The Morgan fingerprint density at radius 3 is 1.35 bits per heavy atom. The minimum Gasteiger partial charge on any atom is -0.481 e. The fourth-order valence-electron chi connectivity index (χ4n) is 8.40. The van der Waals surface area contributed by atoms with Gasteiger partial charge < -0.3 is 10.2 Å². The van der Waals surface area contributed by atoms with E-state index in [1.54, 1.807) is 0 Å². The fraction of sp³-hybridized carbons (Fsp3) is 0.364. The Balaban J connectivity index is 1.64. The van der Waals surface area contributed by atoms with Crippen LogP contribution in [0.2, 0.25) is 0 Å². The van der Waals surface area contributed by atoms with Crippen LogP contribution >= 0.6 is 0 Å². The van der Waals surface area contributed by atoms with Gasteiger partial charge in [-0.2, -0.15) is 0 Å². The predicted octanol–water partition coefficient (Wildman–Crippen LogP) is 3.16. The molecule has 0 spiro atoms. The van der Waals surface area contributed by atoms with Crippen LogP contribution in [0.4, 0.5) is 0 Å². The first kappa shape index (κ1) is 13.6. The highest BCUT2D eigenvalue weighted by molar-refractivity contribution is 5.96. The molecule has 2 aromatic rings. The first-order valence-electron chi connectivity index (χ1n) is 9.23. The Bertz CT molecular complexity index is 976. The van der Waals surface area contributed by atoms with E-state index in [-0.39, 0.29) is 35.5 Å². The van der Waals surface area contributed by atoms with E-state index in [2.05, 4.69) is 24.3 Å². The largest absolute Gasteiger partial charge is 0.481 e. The summed E-state index contributed by atoms with van der Waals surface area (Å²) < 4.78 is 0. The third kappa shape index (κ3) is 0.899. The van der Waals surface area contributed by atoms with Gasteiger partial charge in [-0.3, -0.25) is 9.59 Å². The zero-order valence-electron chi connectivity index (χ0n) is 13.8. The van der Waals surface area contributed by atoms with Crippen molar-refractivity contribution in [1.29, 1.82) is 0 Å². The second-order valence-electron chi connectivity index (χ2n) is 8.70. The molecule has 2 aromatic carbocycles. The number of aliphatic carboxylic acids is 2. The molecule has 4 atom stereocenters. The lowest BCUT2D eigenvalue weighted by molar-refractivity contribution is -0.358. The van der Waals surface area contributed by atoms with Gasteiger partial charge >= 0.3 is 11.9 Å². The van der Waals surface area contributed by atoms with Gasteiger partial charge in [0.1, 0.15) is 0 Å². The van der Waals surface area contributed by atoms with E-state index in [1.165, 1.54) is 11.1 Å². The van der Waals surface area contributed by atoms with Crippen molar-refractivity contribution in [3.8, 4) is 0 Å². The second-order valence-corrected chi connectivity index (χ2v) is 8.70. The molecule has 0 aliphatic heterocycles. The van der Waals surface area contributed by atoms with Crippen molar-refractivity contribution in [2.75, 3.05) is 0 Å². The molecule has 0 aromatic heterocycles. The van der Waals surface area contributed by atoms with Crippen LogP contribution in [0.5, 0.6) is 0 Å². The van der Waals surface area contributed by atoms with Gasteiger partial charge in [-0.05, 0) is 34.1 Å². The lowest BCUT2D eigenvalue weighted by Crippen LogP contribution is -2.91. The SMILES string of the molecule is O=C(O)C12C3[C@H]4c5ccccc5[C@@H]5[C@H](c6ccccc6[C@H]41)C2C35C(=O)O. The molecule has 0 saturated heterocycles. The molecule has 3 fully saturated rings. The van der Waals surface area contributed by atoms with Crippen LogP contribution in [-0.4, -0.2) is 22.2 Å². The van der Waals surface area contributed by atoms with E-state index in [0.717, 1.165) is 11.1 Å². The highest BCUT2D eigenvalue weighted by Crippen LogP contribution is 2.98. The lowest BCUT2D eigenvalue weighted by atomic mass is 9.09. The fourth-order valence-corrected chi connectivity index (χ4v) is 8.40. The summed E-state index contributed by atoms with van der Waals surface area (Å²) >= 11 is 0. The van der Waals surface area contributed by atoms with E-state index in [4.69, 9.17) is 0 Å². The summed E-state index contributed by atoms with van der Waals surface area (Å²) in [4.78, 5) is 25.0. The first-order valence-corrected chi connectivity index (χ1v) is 9.23. The van der Waals surface area contributed by atoms with Crippen LogP contribution in [0.1, 0.15) is 45.9 Å². The van der Waals surface area contributed by atoms with Gasteiger partial charge in [0.25, 0.3) is 0 Å². The average molecular weight is 344 g/mol. The van der Waals surface area contributed by atoms with Gasteiger partial charge in [0.2, 0.25) is 0 Å². The standard InChI is InChI=1S/C22H16O4/c23-19(24)21-15-11-7-3-1-5-9(11)13-16-12-8-4-2-6-10(12)14(15)18(21)22(16,17(13)21)20(25)26/h1-8,13-18H,(H,23,24)(H,25,26)/t13-,14-,15+,16+,17?,18?,21?,22?/m0/s1. The van der Waals surface area contributed by atoms with Crippen molar-refractivity contribution in [3.05, 3.63) is 70.8 Å². The van der Waals surface area contributed by atoms with E-state index in [9.17, 15) is 19.8 Å². The topological polar surface area (TPSA) is 74.6 Å². The van der Waals surface area contributed by atoms with Crippen LogP contribution in [0.3, 0.4) is 0 Å². The van der Waals surface area contributed by atoms with Crippen molar-refractivity contribution in [1.82, 2.24) is 0 Å². The summed E-state index contributed by atoms with van der Waals surface area (Å²) in [5.41, 5.74) is 2.92. The quantitative estimate of drug-likeness (QED) is 0.877. The number of carboxylic acid groups (broad SMARTS) is 2. The normalized spacial score (nSPS) is 46.6. The summed E-state index contributed by atoms with van der Waals surface area (Å²) in [5.74, 6) is -2.31. The van der Waals surface area contributed by atoms with Gasteiger partial charge in [-0.15, -0.1) is 0 Å². The molecule has 4 heteroatoms. The number of hydrogen-bond donors (Lipinski definition) is 2. The van der Waals surface area contributed by atoms with Crippen LogP contribution < -0.4 is 0 Å². The molecule has 128 valence electrons. The molecule has 4 nitrogen and oxygen atoms in total. The Morgan fingerprint density at radius 1 is 0.654 bits per heavy atom. The van der Waals surface area contributed by atoms with Crippen molar-refractivity contribution in [2.24, 2.45) is 22.7 Å². The Morgan fingerprint density at radius 2 is 1.00 bits per heavy atom. The number of fused-ring (bicyclic) bond motifs is 8. The van der Waals surface area contributed by atoms with Crippen molar-refractivity contribution < 1.29 is 19.8 Å². The van der Waals surface area contributed by atoms with Gasteiger partial charge in [0, 0.05) is 23.7 Å². The van der Waals surface area contributed by atoms with Crippen molar-refractivity contribution >= 4 is 11.9 Å². The maximum atomic E-state index is 12.5. The molecule has 5 aliphatic rings. The minimum atomic E-state index is -0.883. The predicted molar refractivity (Wildman–Crippen MR) is 91.0 cm³/mol. The van der Waals surface area contributed by atoms with Crippen LogP contribution in [0.25, 0.3) is 0 Å². The molecule has 5 aliphatic carbocycles. The number of rotatable bonds is 2. The van der Waals surface area contributed by atoms with Crippen LogP contribution in [0.15, 0.2) is 48.5 Å². The van der Waals surface area contributed by atoms with E-state index in [1.807, 2.05) is 24.3 Å². The lowest BCUT2D eigenvalue weighted by Gasteiger charge is -2.90. The molecule has 26 heavy (non-hydrogen) atoms. The molecule has 7 rings (SSSR count). The Hall–Kier alpha value is -2.62. The highest BCUT2D eigenvalue weighted by Gasteiger charge is 2.98. The molecule has 0 radical (unpaired) electrons. The number of carbonyl (C=O) groups is 2. The van der Waals surface area contributed by atoms with Gasteiger partial charge in [0.05, 0.1) is 10.8 Å². The van der Waals surface area contributed by atoms with Gasteiger partial charge in [-0.1, -0.05) is 48.5 Å². The maximum Gasteiger partial charge on any atom is 0.310 e. The summed E-state index contributed by atoms with van der Waals surface area (Å²) in [6, 6.07) is 16.3. The van der Waals surface area contributed by atoms with Crippen LogP contribution in [0, 0.1) is 22.7 Å². The molecule has 0 heterocycles. The molecule has 2 N–H and O–H groups in total. The zero-order chi connectivity index (χ0) is 17.6. The monoisotopic (exact) mass is 344 g/mol. The van der Waals surface area contributed by atoms with Crippen molar-refractivity contribution in [3.63, 3.8) is 0 Å². The molecular formula is C22H16O4. The molecule has 3 saturated carbocycles. The van der Waals surface area contributed by atoms with E-state index >= 15 is 0 Å². The Labute approximate surface area is 149 Å². The number of hydrogen-bond acceptors (Lipinski definition) is 2. The average Bonchev–Trinajstić information content (AvgIpc) is 2.55. The Kier molecular flexibility index (Phi) is 1.87. The third-order valence-corrected chi connectivity index (χ3v) is 8.65. The summed E-state index contributed by atoms with van der Waals surface area (Å²) in [7, 11) is 0. The maximum absolute atomic E-state index is 12.5. The molecule has 0 bridgehead atoms. The highest BCUT2D eigenvalue weighted by atomic mass is 16.4. The molecular weight excluding hydrogens is 328 g/mol. The van der Waals surface area contributed by atoms with Gasteiger partial charge in [-0.25, -0.2) is 0 Å². The van der Waals surface area contributed by atoms with Gasteiger partial charge in [0.15, 0.2) is 0 Å². The second kappa shape index (κ2) is 3.59. The first-order chi connectivity index (χ1) is 12.6. The zero-order valence-corrected chi connectivity index (χ0v) is 13.8. The summed E-state index contributed by atoms with van der Waals surface area (Å²) in [6.45, 7) is 0.